The first-order chi connectivity index (χ1) is 21.1. The maximum Gasteiger partial charge on any atom is 0.410 e. The van der Waals surface area contributed by atoms with Gasteiger partial charge in [-0.2, -0.15) is 10.1 Å². The highest BCUT2D eigenvalue weighted by atomic mass is 16.6. The Hall–Kier alpha value is -5.13. The van der Waals surface area contributed by atoms with Gasteiger partial charge in [0.1, 0.15) is 22.8 Å². The topological polar surface area (TPSA) is 121 Å². The number of carbonyl (C=O) groups is 1. The van der Waals surface area contributed by atoms with Crippen molar-refractivity contribution in [3.05, 3.63) is 77.9 Å². The van der Waals surface area contributed by atoms with Crippen molar-refractivity contribution in [3.63, 3.8) is 0 Å². The zero-order valence-corrected chi connectivity index (χ0v) is 25.4. The predicted octanol–water partition coefficient (Wildman–Crippen LogP) is 5.18. The van der Waals surface area contributed by atoms with Crippen LogP contribution in [-0.2, 0) is 18.3 Å². The molecule has 1 N–H and O–H groups in total. The van der Waals surface area contributed by atoms with E-state index in [2.05, 4.69) is 22.0 Å². The van der Waals surface area contributed by atoms with E-state index in [4.69, 9.17) is 14.5 Å². The number of anilines is 2. The van der Waals surface area contributed by atoms with Crippen molar-refractivity contribution < 1.29 is 14.3 Å². The fourth-order valence-electron chi connectivity index (χ4n) is 5.37. The van der Waals surface area contributed by atoms with E-state index in [9.17, 15) is 9.59 Å². The van der Waals surface area contributed by atoms with Crippen LogP contribution in [0.5, 0.6) is 5.75 Å². The van der Waals surface area contributed by atoms with Crippen LogP contribution in [0.15, 0.2) is 72.3 Å². The number of hydrogen-bond acceptors (Lipinski definition) is 8. The van der Waals surface area contributed by atoms with Crippen LogP contribution in [-0.4, -0.2) is 64.9 Å². The van der Waals surface area contributed by atoms with Crippen molar-refractivity contribution in [3.8, 4) is 11.4 Å². The van der Waals surface area contributed by atoms with E-state index < -0.39 is 5.60 Å². The zero-order chi connectivity index (χ0) is 31.0. The van der Waals surface area contributed by atoms with Gasteiger partial charge in [0.25, 0.3) is 5.56 Å². The number of allylic oxidation sites excluding steroid dienone is 1. The monoisotopic (exact) mass is 596 g/mol. The molecule has 0 spiro atoms. The van der Waals surface area contributed by atoms with Crippen molar-refractivity contribution in [2.75, 3.05) is 18.4 Å². The summed E-state index contributed by atoms with van der Waals surface area (Å²) < 4.78 is 17.0. The Kier molecular flexibility index (Phi) is 7.58. The van der Waals surface area contributed by atoms with Crippen LogP contribution in [0, 0.1) is 0 Å². The first-order valence-corrected chi connectivity index (χ1v) is 14.6. The van der Waals surface area contributed by atoms with E-state index in [1.54, 1.807) is 32.7 Å². The van der Waals surface area contributed by atoms with Gasteiger partial charge in [-0.15, -0.1) is 6.58 Å². The van der Waals surface area contributed by atoms with Crippen LogP contribution < -0.4 is 15.6 Å². The number of hydrogen-bond donors (Lipinski definition) is 1. The van der Waals surface area contributed by atoms with Crippen LogP contribution in [0.1, 0.15) is 33.6 Å². The van der Waals surface area contributed by atoms with Gasteiger partial charge in [0, 0.05) is 56.3 Å². The number of fused-ring (bicyclic) bond motifs is 2. The summed E-state index contributed by atoms with van der Waals surface area (Å²) >= 11 is 0. The molecule has 4 heterocycles. The van der Waals surface area contributed by atoms with Gasteiger partial charge in [-0.05, 0) is 51.1 Å². The lowest BCUT2D eigenvalue weighted by Crippen LogP contribution is -2.44. The average molecular weight is 597 g/mol. The molecule has 2 aromatic carbocycles. The highest BCUT2D eigenvalue weighted by molar-refractivity contribution is 5.83. The largest absolute Gasteiger partial charge is 0.490 e. The number of carbonyl (C=O) groups excluding carboxylic acids is 1. The summed E-state index contributed by atoms with van der Waals surface area (Å²) in [6.45, 7) is 10.8. The van der Waals surface area contributed by atoms with E-state index in [-0.39, 0.29) is 24.3 Å². The Labute approximate surface area is 254 Å². The van der Waals surface area contributed by atoms with Crippen LogP contribution in [0.3, 0.4) is 0 Å². The number of likely N-dealkylation sites (tertiary alicyclic amines) is 1. The van der Waals surface area contributed by atoms with Gasteiger partial charge in [-0.1, -0.05) is 12.1 Å². The number of piperidine rings is 1. The summed E-state index contributed by atoms with van der Waals surface area (Å²) in [7, 11) is 1.90. The van der Waals surface area contributed by atoms with Gasteiger partial charge in [-0.3, -0.25) is 9.48 Å². The lowest BCUT2D eigenvalue weighted by Gasteiger charge is -2.33. The fraction of sp³-hybridized carbons (Fsp3) is 0.344. The van der Waals surface area contributed by atoms with Crippen molar-refractivity contribution in [1.29, 1.82) is 0 Å². The first-order valence-electron chi connectivity index (χ1n) is 14.6. The molecule has 1 fully saturated rings. The summed E-state index contributed by atoms with van der Waals surface area (Å²) in [5, 5.41) is 8.94. The molecule has 0 radical (unpaired) electrons. The van der Waals surface area contributed by atoms with Gasteiger partial charge >= 0.3 is 6.09 Å². The SMILES string of the molecule is C=CCn1c(=O)c2cnc(Nc3ccc4c(cnn4C)c3)nc2n1-c1cccc(OC2CCN(C(=O)OC(C)(C)C)CC2)c1. The molecule has 3 aromatic heterocycles. The molecule has 0 unspecified atom stereocenters. The van der Waals surface area contributed by atoms with Crippen LogP contribution in [0.25, 0.3) is 27.6 Å². The number of amides is 1. The molecule has 1 saturated heterocycles. The van der Waals surface area contributed by atoms with Gasteiger partial charge in [0.2, 0.25) is 5.95 Å². The second-order valence-electron chi connectivity index (χ2n) is 11.9. The Balaban J connectivity index is 1.26. The van der Waals surface area contributed by atoms with Crippen LogP contribution in [0.2, 0.25) is 0 Å². The molecule has 5 aromatic rings. The number of ether oxygens (including phenoxy) is 2. The number of nitrogens with zero attached hydrogens (tertiary/aromatic N) is 7. The van der Waals surface area contributed by atoms with Crippen LogP contribution in [0.4, 0.5) is 16.4 Å². The minimum absolute atomic E-state index is 0.0593. The molecule has 0 aliphatic carbocycles. The molecule has 0 saturated carbocycles. The normalized spacial score (nSPS) is 14.2. The minimum atomic E-state index is -0.532. The van der Waals surface area contributed by atoms with Crippen molar-refractivity contribution >= 4 is 39.7 Å². The van der Waals surface area contributed by atoms with E-state index in [1.165, 1.54) is 0 Å². The second kappa shape index (κ2) is 11.5. The Morgan fingerprint density at radius 1 is 1.14 bits per heavy atom. The molecule has 1 aliphatic rings. The van der Waals surface area contributed by atoms with Crippen molar-refractivity contribution in [1.82, 2.24) is 34.0 Å². The zero-order valence-electron chi connectivity index (χ0n) is 25.4. The molecular formula is C32H36N8O4. The van der Waals surface area contributed by atoms with E-state index >= 15 is 0 Å². The van der Waals surface area contributed by atoms with Crippen LogP contribution >= 0.6 is 0 Å². The molecule has 0 bridgehead atoms. The van der Waals surface area contributed by atoms with Crippen molar-refractivity contribution in [2.24, 2.45) is 7.05 Å². The van der Waals surface area contributed by atoms with E-state index in [0.717, 1.165) is 16.6 Å². The molecule has 12 heteroatoms. The summed E-state index contributed by atoms with van der Waals surface area (Å²) in [6.07, 6.45) is 6.03. The van der Waals surface area contributed by atoms with E-state index in [0.29, 0.717) is 54.3 Å². The van der Waals surface area contributed by atoms with Crippen molar-refractivity contribution in [2.45, 2.75) is 51.9 Å². The third kappa shape index (κ3) is 5.87. The number of benzene rings is 2. The highest BCUT2D eigenvalue weighted by Crippen LogP contribution is 2.26. The lowest BCUT2D eigenvalue weighted by atomic mass is 10.1. The predicted molar refractivity (Wildman–Crippen MR) is 169 cm³/mol. The Morgan fingerprint density at radius 3 is 2.68 bits per heavy atom. The molecule has 0 atom stereocenters. The lowest BCUT2D eigenvalue weighted by molar-refractivity contribution is 0.0126. The molecule has 1 amide bonds. The smallest absolute Gasteiger partial charge is 0.410 e. The van der Waals surface area contributed by atoms with Gasteiger partial charge in [0.15, 0.2) is 5.65 Å². The number of aromatic nitrogens is 6. The third-order valence-corrected chi connectivity index (χ3v) is 7.44. The Bertz CT molecular complexity index is 1910. The van der Waals surface area contributed by atoms with Gasteiger partial charge in [0.05, 0.1) is 23.9 Å². The molecule has 12 nitrogen and oxygen atoms in total. The molecule has 228 valence electrons. The standard InChI is InChI=1S/C32H36N8O4/c1-6-14-39-29(41)26-20-33-30(35-22-10-11-27-21(17-22)19-34-37(27)5)36-28(26)40(39)23-8-7-9-25(18-23)43-24-12-15-38(16-13-24)31(42)44-32(2,3)4/h6-11,17-20,24H,1,12-16H2,2-5H3,(H,33,35,36). The maximum atomic E-state index is 13.4. The molecule has 1 aliphatic heterocycles. The minimum Gasteiger partial charge on any atom is -0.490 e. The number of aryl methyl sites for hydroxylation is 1. The molecule has 6 rings (SSSR count). The summed E-state index contributed by atoms with van der Waals surface area (Å²) in [5.74, 6) is 1.02. The van der Waals surface area contributed by atoms with Gasteiger partial charge in [-0.25, -0.2) is 19.1 Å². The highest BCUT2D eigenvalue weighted by Gasteiger charge is 2.28. The summed E-state index contributed by atoms with van der Waals surface area (Å²) in [5.41, 5.74) is 2.23. The first kappa shape index (κ1) is 29.0. The number of nitrogens with one attached hydrogen (secondary N) is 1. The average Bonchev–Trinajstić information content (AvgIpc) is 3.49. The molecule has 44 heavy (non-hydrogen) atoms. The van der Waals surface area contributed by atoms with Gasteiger partial charge < -0.3 is 19.7 Å². The third-order valence-electron chi connectivity index (χ3n) is 7.44. The maximum absolute atomic E-state index is 13.4. The fourth-order valence-corrected chi connectivity index (χ4v) is 5.37. The Morgan fingerprint density at radius 2 is 1.93 bits per heavy atom. The number of rotatable bonds is 7. The molecular weight excluding hydrogens is 560 g/mol. The van der Waals surface area contributed by atoms with E-state index in [1.807, 2.05) is 75.0 Å². The second-order valence-corrected chi connectivity index (χ2v) is 11.9. The summed E-state index contributed by atoms with van der Waals surface area (Å²) in [6, 6.07) is 13.5. The quantitative estimate of drug-likeness (QED) is 0.255. The summed E-state index contributed by atoms with van der Waals surface area (Å²) in [4.78, 5) is 36.8.